The van der Waals surface area contributed by atoms with E-state index >= 15 is 0 Å². The first-order valence-corrected chi connectivity index (χ1v) is 3.01. The van der Waals surface area contributed by atoms with Crippen LogP contribution in [0.1, 0.15) is 0 Å². The molecule has 0 radical (unpaired) electrons. The fraction of sp³-hybridized carbons (Fsp3) is 0.400. The topological polar surface area (TPSA) is 79.0 Å². The molecule has 0 aliphatic rings. The summed E-state index contributed by atoms with van der Waals surface area (Å²) in [4.78, 5) is 21.1. The zero-order valence-electron chi connectivity index (χ0n) is 5.96. The quantitative estimate of drug-likeness (QED) is 0.488. The Morgan fingerprint density at radius 3 is 3.09 bits per heavy atom. The van der Waals surface area contributed by atoms with Gasteiger partial charge in [0.1, 0.15) is 0 Å². The van der Waals surface area contributed by atoms with Gasteiger partial charge in [-0.15, -0.1) is 0 Å². The van der Waals surface area contributed by atoms with Gasteiger partial charge in [-0.1, -0.05) is 4.68 Å². The van der Waals surface area contributed by atoms with Crippen LogP contribution in [0.2, 0.25) is 0 Å². The second-order valence-electron chi connectivity index (χ2n) is 1.94. The van der Waals surface area contributed by atoms with E-state index in [1.807, 2.05) is 0 Å². The maximum Gasteiger partial charge on any atom is 0.426 e. The third-order valence-corrected chi connectivity index (χ3v) is 1.12. The molecule has 0 aromatic carbocycles. The molecule has 1 amide bonds. The van der Waals surface area contributed by atoms with Crippen LogP contribution < -0.4 is 15.6 Å². The summed E-state index contributed by atoms with van der Waals surface area (Å²) in [7, 11) is 1.51. The number of carbonyl (C=O) groups excluding carboxylic acids is 1. The van der Waals surface area contributed by atoms with Crippen LogP contribution in [-0.4, -0.2) is 18.2 Å². The average molecular weight is 158 g/mol. The van der Waals surface area contributed by atoms with Crippen LogP contribution in [0.15, 0.2) is 15.5 Å². The van der Waals surface area contributed by atoms with Gasteiger partial charge in [0.05, 0.1) is 0 Å². The summed E-state index contributed by atoms with van der Waals surface area (Å²) in [6.07, 6.45) is 1.16. The van der Waals surface area contributed by atoms with Crippen LogP contribution in [0.5, 0.6) is 0 Å². The lowest BCUT2D eigenvalue weighted by atomic mass is 10.6. The lowest BCUT2D eigenvalue weighted by molar-refractivity contribution is -0.751. The molecule has 1 heterocycles. The number of nitrogens with zero attached hydrogens (tertiary/aromatic N) is 1. The summed E-state index contributed by atoms with van der Waals surface area (Å²) in [5, 5.41) is 4.64. The van der Waals surface area contributed by atoms with Crippen molar-refractivity contribution in [2.75, 3.05) is 7.05 Å². The molecule has 0 aliphatic carbocycles. The second kappa shape index (κ2) is 3.00. The molecule has 1 rings (SSSR count). The molecule has 0 bridgehead atoms. The number of likely N-dealkylation sites (N-methyl/N-ethyl adjacent to an activating group) is 1. The Hall–Kier alpha value is -1.59. The summed E-state index contributed by atoms with van der Waals surface area (Å²) >= 11 is 0. The molecule has 0 unspecified atom stereocenters. The van der Waals surface area contributed by atoms with E-state index < -0.39 is 5.63 Å². The molecular formula is C5H8N3O3+. The third kappa shape index (κ3) is 1.92. The third-order valence-electron chi connectivity index (χ3n) is 1.12. The van der Waals surface area contributed by atoms with E-state index in [9.17, 15) is 9.59 Å². The van der Waals surface area contributed by atoms with Gasteiger partial charge in [0.15, 0.2) is 0 Å². The van der Waals surface area contributed by atoms with Crippen LogP contribution in [-0.2, 0) is 11.3 Å². The van der Waals surface area contributed by atoms with E-state index in [4.69, 9.17) is 0 Å². The highest BCUT2D eigenvalue weighted by atomic mass is 16.5. The number of H-pyrrole nitrogens is 1. The average Bonchev–Trinajstić information content (AvgIpc) is 2.35. The second-order valence-corrected chi connectivity index (χ2v) is 1.94. The lowest BCUT2D eigenvalue weighted by Crippen LogP contribution is -2.43. The molecule has 1 aromatic heterocycles. The Morgan fingerprint density at radius 2 is 2.64 bits per heavy atom. The van der Waals surface area contributed by atoms with Gasteiger partial charge in [-0.3, -0.25) is 9.32 Å². The summed E-state index contributed by atoms with van der Waals surface area (Å²) in [5.74, 6) is -0.202. The highest BCUT2D eigenvalue weighted by Gasteiger charge is 2.09. The largest absolute Gasteiger partial charge is 0.426 e. The van der Waals surface area contributed by atoms with Gasteiger partial charge < -0.3 is 5.32 Å². The standard InChI is InChI=1S/C5H7N3O3/c1-6-4(9)2-8-3-5(10)11-7-8/h3H,2H2,1H3,(H-,6,7,9,10)/p+1. The highest BCUT2D eigenvalue weighted by molar-refractivity contribution is 5.73. The molecular weight excluding hydrogens is 150 g/mol. The van der Waals surface area contributed by atoms with Crippen molar-refractivity contribution < 1.29 is 14.0 Å². The first-order valence-electron chi connectivity index (χ1n) is 3.01. The van der Waals surface area contributed by atoms with E-state index in [0.717, 1.165) is 6.20 Å². The first-order chi connectivity index (χ1) is 5.22. The van der Waals surface area contributed by atoms with Gasteiger partial charge in [0.25, 0.3) is 18.6 Å². The van der Waals surface area contributed by atoms with Gasteiger partial charge >= 0.3 is 5.63 Å². The molecule has 2 N–H and O–H groups in total. The molecule has 6 heteroatoms. The Labute approximate surface area is 61.8 Å². The van der Waals surface area contributed by atoms with Crippen molar-refractivity contribution in [2.24, 2.45) is 0 Å². The number of carbonyl (C=O) groups is 1. The fourth-order valence-corrected chi connectivity index (χ4v) is 0.595. The predicted molar refractivity (Wildman–Crippen MR) is 33.6 cm³/mol. The Balaban J connectivity index is 2.65. The Kier molecular flexibility index (Phi) is 2.05. The van der Waals surface area contributed by atoms with E-state index in [1.54, 1.807) is 0 Å². The molecule has 11 heavy (non-hydrogen) atoms. The number of aromatic nitrogens is 2. The Morgan fingerprint density at radius 1 is 1.91 bits per heavy atom. The van der Waals surface area contributed by atoms with E-state index in [0.29, 0.717) is 0 Å². The van der Waals surface area contributed by atoms with Crippen molar-refractivity contribution in [1.29, 1.82) is 0 Å². The number of hydrogen-bond donors (Lipinski definition) is 2. The van der Waals surface area contributed by atoms with Crippen LogP contribution >= 0.6 is 0 Å². The molecule has 0 fully saturated rings. The minimum atomic E-state index is -0.506. The molecule has 0 atom stereocenters. The summed E-state index contributed by atoms with van der Waals surface area (Å²) in [6.45, 7) is 0.0578. The molecule has 0 saturated carbocycles. The molecule has 0 spiro atoms. The van der Waals surface area contributed by atoms with Crippen molar-refractivity contribution in [3.8, 4) is 0 Å². The maximum absolute atomic E-state index is 10.7. The van der Waals surface area contributed by atoms with Crippen LogP contribution in [0.25, 0.3) is 0 Å². The fourth-order valence-electron chi connectivity index (χ4n) is 0.595. The van der Waals surface area contributed by atoms with E-state index in [2.05, 4.69) is 15.1 Å². The molecule has 0 saturated heterocycles. The van der Waals surface area contributed by atoms with E-state index in [-0.39, 0.29) is 12.5 Å². The monoisotopic (exact) mass is 158 g/mol. The van der Waals surface area contributed by atoms with E-state index in [1.165, 1.54) is 11.7 Å². The Bertz CT molecular complexity index is 300. The zero-order valence-corrected chi connectivity index (χ0v) is 5.96. The highest BCUT2D eigenvalue weighted by Crippen LogP contribution is 1.63. The summed E-state index contributed by atoms with van der Waals surface area (Å²) < 4.78 is 5.56. The number of hydrogen-bond acceptors (Lipinski definition) is 3. The molecule has 1 aromatic rings. The van der Waals surface area contributed by atoms with Crippen LogP contribution in [0.3, 0.4) is 0 Å². The minimum Gasteiger partial charge on any atom is -0.354 e. The van der Waals surface area contributed by atoms with Crippen LogP contribution in [0.4, 0.5) is 0 Å². The number of nitrogens with one attached hydrogen (secondary N) is 2. The predicted octanol–water partition coefficient (Wildman–Crippen LogP) is -2.00. The molecule has 60 valence electrons. The maximum atomic E-state index is 10.7. The van der Waals surface area contributed by atoms with Crippen molar-refractivity contribution in [1.82, 2.24) is 10.6 Å². The van der Waals surface area contributed by atoms with Gasteiger partial charge in [0.2, 0.25) is 0 Å². The van der Waals surface area contributed by atoms with Crippen molar-refractivity contribution in [2.45, 2.75) is 6.54 Å². The lowest BCUT2D eigenvalue weighted by Gasteiger charge is -1.88. The number of aromatic amines is 1. The van der Waals surface area contributed by atoms with Gasteiger partial charge in [0, 0.05) is 7.05 Å². The smallest absolute Gasteiger partial charge is 0.354 e. The SMILES string of the molecule is CNC(=O)C[n+]1cc(=O)o[nH]1. The molecule has 6 nitrogen and oxygen atoms in total. The number of rotatable bonds is 2. The van der Waals surface area contributed by atoms with Crippen LogP contribution in [0, 0.1) is 0 Å². The molecule has 0 aliphatic heterocycles. The normalized spacial score (nSPS) is 9.55. The van der Waals surface area contributed by atoms with Gasteiger partial charge in [-0.2, -0.15) is 0 Å². The van der Waals surface area contributed by atoms with Crippen molar-refractivity contribution >= 4 is 5.91 Å². The summed E-state index contributed by atoms with van der Waals surface area (Å²) in [5.41, 5.74) is -0.506. The first kappa shape index (κ1) is 7.52. The number of amides is 1. The van der Waals surface area contributed by atoms with Gasteiger partial charge in [-0.25, -0.2) is 4.79 Å². The zero-order chi connectivity index (χ0) is 8.27. The summed E-state index contributed by atoms with van der Waals surface area (Å²) in [6, 6.07) is 0. The van der Waals surface area contributed by atoms with Gasteiger partial charge in [-0.05, 0) is 5.27 Å². The minimum absolute atomic E-state index is 0.0578. The van der Waals surface area contributed by atoms with Crippen molar-refractivity contribution in [3.05, 3.63) is 16.6 Å². The van der Waals surface area contributed by atoms with Crippen molar-refractivity contribution in [3.63, 3.8) is 0 Å².